The first-order valence-corrected chi connectivity index (χ1v) is 8.40. The Hall–Kier alpha value is -1.95. The van der Waals surface area contributed by atoms with E-state index in [9.17, 15) is 0 Å². The average Bonchev–Trinajstić information content (AvgIpc) is 3.25. The third kappa shape index (κ3) is 2.27. The first kappa shape index (κ1) is 13.7. The zero-order valence-electron chi connectivity index (χ0n) is 13.5. The molecule has 2 aliphatic carbocycles. The van der Waals surface area contributed by atoms with E-state index in [2.05, 4.69) is 47.8 Å². The van der Waals surface area contributed by atoms with Crippen molar-refractivity contribution in [1.82, 2.24) is 9.80 Å². The minimum atomic E-state index is 0. The van der Waals surface area contributed by atoms with E-state index in [0.29, 0.717) is 5.92 Å². The Morgan fingerprint density at radius 1 is 1.23 bits per heavy atom. The van der Waals surface area contributed by atoms with Gasteiger partial charge in [-0.25, -0.2) is 4.99 Å². The molecule has 0 aromatic rings. The highest BCUT2D eigenvalue weighted by Gasteiger charge is 2.32. The normalized spacial score (nSPS) is 26.4. The third-order valence-electron chi connectivity index (χ3n) is 5.00. The van der Waals surface area contributed by atoms with E-state index in [1.165, 1.54) is 42.2 Å². The monoisotopic (exact) mass is 295 g/mol. The first-order valence-electron chi connectivity index (χ1n) is 8.40. The van der Waals surface area contributed by atoms with E-state index in [0.717, 1.165) is 31.5 Å². The number of allylic oxidation sites excluding steroid dienone is 4. The topological polar surface area (TPSA) is 18.8 Å². The molecule has 0 amide bonds. The van der Waals surface area contributed by atoms with Crippen LogP contribution in [0.3, 0.4) is 0 Å². The number of fused-ring (bicyclic) bond motifs is 1. The second kappa shape index (κ2) is 5.35. The highest BCUT2D eigenvalue weighted by molar-refractivity contribution is 6.02. The van der Waals surface area contributed by atoms with Gasteiger partial charge in [-0.1, -0.05) is 12.2 Å². The summed E-state index contributed by atoms with van der Waals surface area (Å²) in [6, 6.07) is 0. The number of aliphatic imine (C=N–C) groups is 1. The molecule has 0 N–H and O–H groups in total. The van der Waals surface area contributed by atoms with Gasteiger partial charge in [0, 0.05) is 52.3 Å². The molecule has 0 bridgehead atoms. The van der Waals surface area contributed by atoms with Crippen LogP contribution < -0.4 is 0 Å². The van der Waals surface area contributed by atoms with Crippen molar-refractivity contribution < 1.29 is 1.43 Å². The lowest BCUT2D eigenvalue weighted by Crippen LogP contribution is -2.45. The van der Waals surface area contributed by atoms with Crippen LogP contribution in [0.2, 0.25) is 0 Å². The standard InChI is InChI=1S/C19H23N3.H2/c1-14(15-10-11-15)18-20-17-9-6-4-3-5-8-16(17)19(21(18)2)22-12-7-13-22;/h10-11,15H,5-9,12-13H2,1-2H3;1H/b18-14-;. The van der Waals surface area contributed by atoms with Gasteiger partial charge in [0.2, 0.25) is 0 Å². The maximum absolute atomic E-state index is 5.07. The van der Waals surface area contributed by atoms with Gasteiger partial charge in [0.15, 0.2) is 0 Å². The zero-order chi connectivity index (χ0) is 15.1. The SMILES string of the molecule is C/C(=C1\N=C2CCC#CCCC2=C(N2CCC2)N1C)C1C=C1.[HH]. The van der Waals surface area contributed by atoms with E-state index < -0.39 is 0 Å². The number of likely N-dealkylation sites (tertiary alicyclic amines) is 1. The molecule has 0 spiro atoms. The van der Waals surface area contributed by atoms with Crippen LogP contribution in [0.4, 0.5) is 0 Å². The summed E-state index contributed by atoms with van der Waals surface area (Å²) in [6.07, 6.45) is 9.73. The summed E-state index contributed by atoms with van der Waals surface area (Å²) in [4.78, 5) is 9.92. The van der Waals surface area contributed by atoms with Gasteiger partial charge >= 0.3 is 0 Å². The van der Waals surface area contributed by atoms with Crippen molar-refractivity contribution in [2.24, 2.45) is 10.9 Å². The van der Waals surface area contributed by atoms with Gasteiger partial charge in [-0.15, -0.1) is 11.8 Å². The van der Waals surface area contributed by atoms with Crippen LogP contribution in [-0.2, 0) is 0 Å². The minimum absolute atomic E-state index is 0. The summed E-state index contributed by atoms with van der Waals surface area (Å²) >= 11 is 0. The van der Waals surface area contributed by atoms with Crippen LogP contribution in [0.5, 0.6) is 0 Å². The Kier molecular flexibility index (Phi) is 3.33. The van der Waals surface area contributed by atoms with Gasteiger partial charge in [0.1, 0.15) is 11.6 Å². The summed E-state index contributed by atoms with van der Waals surface area (Å²) in [7, 11) is 2.19. The summed E-state index contributed by atoms with van der Waals surface area (Å²) in [6.45, 7) is 4.58. The molecule has 3 nitrogen and oxygen atoms in total. The molecule has 0 atom stereocenters. The van der Waals surface area contributed by atoms with Crippen molar-refractivity contribution in [3.63, 3.8) is 0 Å². The summed E-state index contributed by atoms with van der Waals surface area (Å²) in [5.74, 6) is 9.65. The third-order valence-corrected chi connectivity index (χ3v) is 5.00. The lowest BCUT2D eigenvalue weighted by atomic mass is 9.95. The first-order chi connectivity index (χ1) is 10.8. The molecule has 1 saturated heterocycles. The van der Waals surface area contributed by atoms with Crippen LogP contribution in [-0.4, -0.2) is 35.6 Å². The molecular weight excluding hydrogens is 270 g/mol. The lowest BCUT2D eigenvalue weighted by Gasteiger charge is -2.43. The Morgan fingerprint density at radius 2 is 1.95 bits per heavy atom. The van der Waals surface area contributed by atoms with Crippen LogP contribution in [0.1, 0.15) is 40.5 Å². The number of nitrogens with zero attached hydrogens (tertiary/aromatic N) is 3. The maximum Gasteiger partial charge on any atom is 0.133 e. The quantitative estimate of drug-likeness (QED) is 0.573. The van der Waals surface area contributed by atoms with Crippen LogP contribution in [0, 0.1) is 17.8 Å². The van der Waals surface area contributed by atoms with Crippen molar-refractivity contribution in [3.05, 3.63) is 34.9 Å². The highest BCUT2D eigenvalue weighted by atomic mass is 15.4. The number of hydrogen-bond donors (Lipinski definition) is 0. The van der Waals surface area contributed by atoms with Gasteiger partial charge in [-0.3, -0.25) is 0 Å². The number of hydrogen-bond acceptors (Lipinski definition) is 3. The van der Waals surface area contributed by atoms with E-state index in [4.69, 9.17) is 4.99 Å². The predicted molar refractivity (Wildman–Crippen MR) is 92.1 cm³/mol. The van der Waals surface area contributed by atoms with E-state index >= 15 is 0 Å². The molecule has 116 valence electrons. The van der Waals surface area contributed by atoms with Crippen molar-refractivity contribution in [2.45, 2.75) is 39.0 Å². The molecule has 2 aliphatic heterocycles. The smallest absolute Gasteiger partial charge is 0.133 e. The van der Waals surface area contributed by atoms with Gasteiger partial charge in [0.25, 0.3) is 0 Å². The summed E-state index contributed by atoms with van der Waals surface area (Å²) < 4.78 is 0. The van der Waals surface area contributed by atoms with E-state index in [-0.39, 0.29) is 1.43 Å². The molecule has 3 heteroatoms. The van der Waals surface area contributed by atoms with Crippen molar-refractivity contribution in [3.8, 4) is 11.8 Å². The van der Waals surface area contributed by atoms with Crippen molar-refractivity contribution >= 4 is 5.71 Å². The van der Waals surface area contributed by atoms with Crippen LogP contribution >= 0.6 is 0 Å². The molecule has 0 aromatic carbocycles. The zero-order valence-corrected chi connectivity index (χ0v) is 13.5. The van der Waals surface area contributed by atoms with Gasteiger partial charge in [0.05, 0.1) is 5.71 Å². The Morgan fingerprint density at radius 3 is 2.59 bits per heavy atom. The van der Waals surface area contributed by atoms with Gasteiger partial charge in [-0.05, 0) is 25.3 Å². The minimum Gasteiger partial charge on any atom is -0.358 e. The summed E-state index contributed by atoms with van der Waals surface area (Å²) in [5.41, 5.74) is 4.10. The molecule has 4 rings (SSSR count). The second-order valence-corrected chi connectivity index (χ2v) is 6.53. The Labute approximate surface area is 134 Å². The average molecular weight is 295 g/mol. The fourth-order valence-corrected chi connectivity index (χ4v) is 3.49. The molecule has 0 aromatic heterocycles. The Bertz CT molecular complexity index is 677. The maximum atomic E-state index is 5.07. The molecule has 2 heterocycles. The van der Waals surface area contributed by atoms with Crippen LogP contribution in [0.15, 0.2) is 39.9 Å². The fourth-order valence-electron chi connectivity index (χ4n) is 3.49. The molecule has 0 saturated carbocycles. The lowest BCUT2D eigenvalue weighted by molar-refractivity contribution is 0.177. The number of rotatable bonds is 2. The molecule has 1 fully saturated rings. The van der Waals surface area contributed by atoms with Gasteiger partial charge in [-0.2, -0.15) is 0 Å². The fraction of sp³-hybridized carbons (Fsp3) is 0.526. The molecule has 0 unspecified atom stereocenters. The highest BCUT2D eigenvalue weighted by Crippen LogP contribution is 2.37. The van der Waals surface area contributed by atoms with E-state index in [1.54, 1.807) is 0 Å². The molecule has 22 heavy (non-hydrogen) atoms. The van der Waals surface area contributed by atoms with E-state index in [1.807, 2.05) is 0 Å². The molecule has 0 radical (unpaired) electrons. The largest absolute Gasteiger partial charge is 0.358 e. The second-order valence-electron chi connectivity index (χ2n) is 6.53. The van der Waals surface area contributed by atoms with Crippen molar-refractivity contribution in [2.75, 3.05) is 20.1 Å². The Balaban J connectivity index is 0.00000156. The molecule has 4 aliphatic rings. The summed E-state index contributed by atoms with van der Waals surface area (Å²) in [5, 5.41) is 0. The molecular formula is C19H25N3. The van der Waals surface area contributed by atoms with Crippen molar-refractivity contribution in [1.29, 1.82) is 0 Å². The predicted octanol–water partition coefficient (Wildman–Crippen LogP) is 3.53. The van der Waals surface area contributed by atoms with Crippen LogP contribution in [0.25, 0.3) is 0 Å². The van der Waals surface area contributed by atoms with Gasteiger partial charge < -0.3 is 9.80 Å².